The van der Waals surface area contributed by atoms with E-state index in [2.05, 4.69) is 34.5 Å². The van der Waals surface area contributed by atoms with Gasteiger partial charge in [0.1, 0.15) is 5.82 Å². The molecule has 0 radical (unpaired) electrons. The number of benzene rings is 2. The molecule has 1 aliphatic heterocycles. The Labute approximate surface area is 148 Å². The van der Waals surface area contributed by atoms with E-state index >= 15 is 0 Å². The molecule has 25 heavy (non-hydrogen) atoms. The normalized spacial score (nSPS) is 15.9. The molecule has 3 nitrogen and oxygen atoms in total. The fraction of sp³-hybridized carbons (Fsp3) is 0.381. The Bertz CT molecular complexity index is 664. The highest BCUT2D eigenvalue weighted by molar-refractivity contribution is 5.76. The summed E-state index contributed by atoms with van der Waals surface area (Å²) in [7, 11) is 0. The molecule has 1 amide bonds. The molecule has 0 spiro atoms. The highest BCUT2D eigenvalue weighted by Crippen LogP contribution is 2.14. The van der Waals surface area contributed by atoms with Crippen LogP contribution in [0.3, 0.4) is 0 Å². The lowest BCUT2D eigenvalue weighted by Crippen LogP contribution is -2.44. The Kier molecular flexibility index (Phi) is 6.18. The van der Waals surface area contributed by atoms with Crippen LogP contribution in [0.4, 0.5) is 4.39 Å². The molecule has 0 saturated carbocycles. The van der Waals surface area contributed by atoms with Crippen molar-refractivity contribution in [2.24, 2.45) is 0 Å². The zero-order valence-electron chi connectivity index (χ0n) is 14.5. The average Bonchev–Trinajstić information content (AvgIpc) is 2.64. The molecular formula is C21H25FN2O. The van der Waals surface area contributed by atoms with Crippen LogP contribution >= 0.6 is 0 Å². The van der Waals surface area contributed by atoms with Crippen molar-refractivity contribution in [2.45, 2.75) is 38.3 Å². The highest BCUT2D eigenvalue weighted by atomic mass is 19.1. The lowest BCUT2D eigenvalue weighted by molar-refractivity contribution is -0.122. The number of rotatable bonds is 6. The van der Waals surface area contributed by atoms with Crippen molar-refractivity contribution in [2.75, 3.05) is 13.1 Å². The number of halogens is 1. The minimum atomic E-state index is -0.240. The van der Waals surface area contributed by atoms with Gasteiger partial charge in [0.05, 0.1) is 0 Å². The predicted molar refractivity (Wildman–Crippen MR) is 97.6 cm³/mol. The van der Waals surface area contributed by atoms with E-state index in [1.165, 1.54) is 17.7 Å². The van der Waals surface area contributed by atoms with Gasteiger partial charge in [-0.05, 0) is 42.5 Å². The first-order valence-corrected chi connectivity index (χ1v) is 8.99. The summed E-state index contributed by atoms with van der Waals surface area (Å²) >= 11 is 0. The Morgan fingerprint density at radius 2 is 1.68 bits per heavy atom. The van der Waals surface area contributed by atoms with Gasteiger partial charge in [-0.3, -0.25) is 9.69 Å². The van der Waals surface area contributed by atoms with Crippen LogP contribution in [0.1, 0.15) is 30.4 Å². The monoisotopic (exact) mass is 340 g/mol. The second-order valence-corrected chi connectivity index (χ2v) is 6.73. The summed E-state index contributed by atoms with van der Waals surface area (Å²) in [6.07, 6.45) is 3.10. The number of amides is 1. The first-order valence-electron chi connectivity index (χ1n) is 8.99. The van der Waals surface area contributed by atoms with E-state index in [0.29, 0.717) is 12.8 Å². The largest absolute Gasteiger partial charge is 0.353 e. The number of nitrogens with one attached hydrogen (secondary N) is 1. The molecule has 3 rings (SSSR count). The zero-order valence-corrected chi connectivity index (χ0v) is 14.5. The number of piperidine rings is 1. The van der Waals surface area contributed by atoms with Crippen LogP contribution in [0.5, 0.6) is 0 Å². The van der Waals surface area contributed by atoms with Gasteiger partial charge in [-0.2, -0.15) is 0 Å². The number of hydrogen-bond donors (Lipinski definition) is 1. The van der Waals surface area contributed by atoms with Crippen LogP contribution in [0.25, 0.3) is 0 Å². The summed E-state index contributed by atoms with van der Waals surface area (Å²) in [5.74, 6) is -0.152. The van der Waals surface area contributed by atoms with E-state index in [0.717, 1.165) is 38.0 Å². The van der Waals surface area contributed by atoms with Gasteiger partial charge in [-0.15, -0.1) is 0 Å². The molecule has 0 aromatic heterocycles. The Balaban J connectivity index is 1.36. The third kappa shape index (κ3) is 5.68. The maximum Gasteiger partial charge on any atom is 0.220 e. The fourth-order valence-corrected chi connectivity index (χ4v) is 3.29. The van der Waals surface area contributed by atoms with E-state index in [4.69, 9.17) is 0 Å². The molecule has 2 aromatic carbocycles. The van der Waals surface area contributed by atoms with Crippen molar-refractivity contribution in [3.63, 3.8) is 0 Å². The van der Waals surface area contributed by atoms with Crippen molar-refractivity contribution in [3.05, 3.63) is 71.5 Å². The number of nitrogens with zero attached hydrogens (tertiary/aromatic N) is 1. The Morgan fingerprint density at radius 1 is 1.00 bits per heavy atom. The van der Waals surface area contributed by atoms with Crippen LogP contribution < -0.4 is 5.32 Å². The van der Waals surface area contributed by atoms with Crippen molar-refractivity contribution in [1.82, 2.24) is 10.2 Å². The summed E-state index contributed by atoms with van der Waals surface area (Å²) in [5, 5.41) is 3.15. The van der Waals surface area contributed by atoms with E-state index in [1.807, 2.05) is 6.07 Å². The molecule has 1 N–H and O–H groups in total. The summed E-state index contributed by atoms with van der Waals surface area (Å²) in [5.41, 5.74) is 2.33. The number of carbonyl (C=O) groups excluding carboxylic acids is 1. The van der Waals surface area contributed by atoms with Gasteiger partial charge >= 0.3 is 0 Å². The summed E-state index contributed by atoms with van der Waals surface area (Å²) in [4.78, 5) is 14.6. The van der Waals surface area contributed by atoms with Crippen LogP contribution in [-0.4, -0.2) is 29.9 Å². The number of aryl methyl sites for hydroxylation is 1. The smallest absolute Gasteiger partial charge is 0.220 e. The maximum absolute atomic E-state index is 12.9. The van der Waals surface area contributed by atoms with Crippen LogP contribution in [-0.2, 0) is 17.8 Å². The molecule has 2 aromatic rings. The topological polar surface area (TPSA) is 32.3 Å². The second-order valence-electron chi connectivity index (χ2n) is 6.73. The highest BCUT2D eigenvalue weighted by Gasteiger charge is 2.20. The Morgan fingerprint density at radius 3 is 2.36 bits per heavy atom. The second kappa shape index (κ2) is 8.77. The quantitative estimate of drug-likeness (QED) is 0.872. The van der Waals surface area contributed by atoms with Gasteiger partial charge in [0, 0.05) is 32.1 Å². The third-order valence-electron chi connectivity index (χ3n) is 4.76. The first kappa shape index (κ1) is 17.6. The molecule has 1 heterocycles. The lowest BCUT2D eigenvalue weighted by Gasteiger charge is -2.32. The minimum Gasteiger partial charge on any atom is -0.353 e. The summed E-state index contributed by atoms with van der Waals surface area (Å²) in [6, 6.07) is 17.1. The number of likely N-dealkylation sites (tertiary alicyclic amines) is 1. The molecule has 0 aliphatic carbocycles. The summed E-state index contributed by atoms with van der Waals surface area (Å²) in [6.45, 7) is 3.00. The lowest BCUT2D eigenvalue weighted by atomic mass is 10.0. The van der Waals surface area contributed by atoms with Crippen LogP contribution in [0, 0.1) is 5.82 Å². The first-order chi connectivity index (χ1) is 12.2. The Hall–Kier alpha value is -2.20. The fourth-order valence-electron chi connectivity index (χ4n) is 3.29. The van der Waals surface area contributed by atoms with Gasteiger partial charge in [0.25, 0.3) is 0 Å². The van der Waals surface area contributed by atoms with E-state index in [-0.39, 0.29) is 17.8 Å². The van der Waals surface area contributed by atoms with E-state index < -0.39 is 0 Å². The van der Waals surface area contributed by atoms with Crippen molar-refractivity contribution in [1.29, 1.82) is 0 Å². The maximum atomic E-state index is 12.9. The average molecular weight is 340 g/mol. The van der Waals surface area contributed by atoms with Crippen molar-refractivity contribution in [3.8, 4) is 0 Å². The standard InChI is InChI=1S/C21H25FN2O/c22-19-9-6-17(7-10-19)8-11-21(25)23-20-12-14-24(15-13-20)16-18-4-2-1-3-5-18/h1-7,9-10,20H,8,11-16H2,(H,23,25). The van der Waals surface area contributed by atoms with Crippen molar-refractivity contribution < 1.29 is 9.18 Å². The number of carbonyl (C=O) groups is 1. The number of hydrogen-bond acceptors (Lipinski definition) is 2. The SMILES string of the molecule is O=C(CCc1ccc(F)cc1)NC1CCN(Cc2ccccc2)CC1. The molecule has 1 saturated heterocycles. The zero-order chi connectivity index (χ0) is 17.5. The molecule has 1 aliphatic rings. The molecule has 0 atom stereocenters. The molecule has 0 unspecified atom stereocenters. The molecular weight excluding hydrogens is 315 g/mol. The molecule has 4 heteroatoms. The van der Waals surface area contributed by atoms with Crippen molar-refractivity contribution >= 4 is 5.91 Å². The predicted octanol–water partition coefficient (Wildman–Crippen LogP) is 3.54. The van der Waals surface area contributed by atoms with Gasteiger partial charge in [0.15, 0.2) is 0 Å². The third-order valence-corrected chi connectivity index (χ3v) is 4.76. The minimum absolute atomic E-state index is 0.0887. The van der Waals surface area contributed by atoms with Crippen LogP contribution in [0.2, 0.25) is 0 Å². The molecule has 132 valence electrons. The van der Waals surface area contributed by atoms with E-state index in [1.54, 1.807) is 12.1 Å². The molecule has 1 fully saturated rings. The van der Waals surface area contributed by atoms with Gasteiger partial charge in [-0.25, -0.2) is 4.39 Å². The van der Waals surface area contributed by atoms with Gasteiger partial charge in [0.2, 0.25) is 5.91 Å². The van der Waals surface area contributed by atoms with Gasteiger partial charge < -0.3 is 5.32 Å². The van der Waals surface area contributed by atoms with Crippen LogP contribution in [0.15, 0.2) is 54.6 Å². The molecule has 0 bridgehead atoms. The summed E-state index contributed by atoms with van der Waals surface area (Å²) < 4.78 is 12.9. The van der Waals surface area contributed by atoms with E-state index in [9.17, 15) is 9.18 Å². The van der Waals surface area contributed by atoms with Gasteiger partial charge in [-0.1, -0.05) is 42.5 Å².